The minimum Gasteiger partial charge on any atom is -0.481 e. The predicted molar refractivity (Wildman–Crippen MR) is 115 cm³/mol. The molecule has 30 heavy (non-hydrogen) atoms. The topological polar surface area (TPSA) is 156 Å². The van der Waals surface area contributed by atoms with E-state index in [2.05, 4.69) is 6.92 Å². The Balaban J connectivity index is 0. The van der Waals surface area contributed by atoms with Crippen molar-refractivity contribution in [2.45, 2.75) is 121 Å². The van der Waals surface area contributed by atoms with Crippen LogP contribution in [0.25, 0.3) is 0 Å². The molecule has 0 aromatic heterocycles. The summed E-state index contributed by atoms with van der Waals surface area (Å²) in [6, 6.07) is 0. The Bertz CT molecular complexity index is 391. The van der Waals surface area contributed by atoms with Crippen LogP contribution in [-0.2, 0) is 9.59 Å². The lowest BCUT2D eigenvalue weighted by atomic mass is 10.0. The second kappa shape index (κ2) is 22.6. The molecule has 0 aliphatic rings. The summed E-state index contributed by atoms with van der Waals surface area (Å²) >= 11 is 0. The third-order valence-electron chi connectivity index (χ3n) is 4.91. The SMILES string of the molecule is CCCCCCCCCCCCCCCC(=O)O.O=CC(O)C(O)C(O)C(O)CO. The number of aliphatic hydroxyl groups excluding tert-OH is 5. The van der Waals surface area contributed by atoms with E-state index >= 15 is 0 Å². The molecule has 0 saturated carbocycles. The van der Waals surface area contributed by atoms with E-state index in [1.807, 2.05) is 0 Å². The second-order valence-corrected chi connectivity index (χ2v) is 7.74. The molecule has 8 heteroatoms. The van der Waals surface area contributed by atoms with Crippen LogP contribution in [0.15, 0.2) is 0 Å². The third kappa shape index (κ3) is 20.2. The molecule has 0 aromatic carbocycles. The van der Waals surface area contributed by atoms with Crippen molar-refractivity contribution in [2.24, 2.45) is 0 Å². The van der Waals surface area contributed by atoms with Crippen LogP contribution in [0.3, 0.4) is 0 Å². The van der Waals surface area contributed by atoms with Gasteiger partial charge < -0.3 is 35.4 Å². The number of aliphatic carboxylic acids is 1. The summed E-state index contributed by atoms with van der Waals surface area (Å²) in [5, 5.41) is 52.0. The zero-order valence-corrected chi connectivity index (χ0v) is 18.5. The first-order valence-electron chi connectivity index (χ1n) is 11.3. The van der Waals surface area contributed by atoms with Crippen LogP contribution in [0.1, 0.15) is 96.8 Å². The number of carboxylic acid groups (broad SMARTS) is 1. The van der Waals surface area contributed by atoms with Crippen LogP contribution in [0.4, 0.5) is 0 Å². The standard InChI is InChI=1S/C16H32O2.C6H12O6/c1-2-3-4-5-6-7-8-9-10-11-12-13-14-15-16(17)18;7-1-3(9)5(11)6(12)4(10)2-8/h2-15H2,1H3,(H,17,18);1,3-6,8-12H,2H2. The summed E-state index contributed by atoms with van der Waals surface area (Å²) in [5.74, 6) is -0.655. The number of aliphatic hydroxyl groups is 5. The zero-order chi connectivity index (χ0) is 23.2. The summed E-state index contributed by atoms with van der Waals surface area (Å²) in [6.45, 7) is 1.50. The molecule has 4 unspecified atom stereocenters. The third-order valence-corrected chi connectivity index (χ3v) is 4.91. The summed E-state index contributed by atoms with van der Waals surface area (Å²) in [7, 11) is 0. The Hall–Kier alpha value is -1.06. The Morgan fingerprint density at radius 1 is 0.733 bits per heavy atom. The Morgan fingerprint density at radius 3 is 1.47 bits per heavy atom. The fourth-order valence-corrected chi connectivity index (χ4v) is 2.91. The molecule has 0 rings (SSSR count). The van der Waals surface area contributed by atoms with Crippen molar-refractivity contribution >= 4 is 12.3 Å². The predicted octanol–water partition coefficient (Wildman–Crippen LogP) is 2.17. The highest BCUT2D eigenvalue weighted by molar-refractivity contribution is 5.66. The largest absolute Gasteiger partial charge is 0.481 e. The van der Waals surface area contributed by atoms with E-state index in [4.69, 9.17) is 30.6 Å². The number of carbonyl (C=O) groups excluding carboxylic acids is 1. The summed E-state index contributed by atoms with van der Waals surface area (Å²) in [5.41, 5.74) is 0. The van der Waals surface area contributed by atoms with Gasteiger partial charge in [0, 0.05) is 6.42 Å². The molecule has 0 aliphatic carbocycles. The molecule has 0 fully saturated rings. The Labute approximate surface area is 180 Å². The van der Waals surface area contributed by atoms with Gasteiger partial charge >= 0.3 is 5.97 Å². The van der Waals surface area contributed by atoms with Gasteiger partial charge in [-0.05, 0) is 6.42 Å². The van der Waals surface area contributed by atoms with E-state index in [9.17, 15) is 9.59 Å². The molecule has 0 aromatic rings. The average molecular weight is 437 g/mol. The number of hydrogen-bond acceptors (Lipinski definition) is 7. The maximum Gasteiger partial charge on any atom is 0.303 e. The lowest BCUT2D eigenvalue weighted by molar-refractivity contribution is -0.137. The van der Waals surface area contributed by atoms with Crippen molar-refractivity contribution in [3.63, 3.8) is 0 Å². The van der Waals surface area contributed by atoms with Crippen LogP contribution in [0.2, 0.25) is 0 Å². The van der Waals surface area contributed by atoms with Gasteiger partial charge in [-0.2, -0.15) is 0 Å². The number of rotatable bonds is 19. The minimum absolute atomic E-state index is 0.0258. The molecule has 0 spiro atoms. The van der Waals surface area contributed by atoms with E-state index in [-0.39, 0.29) is 6.29 Å². The van der Waals surface area contributed by atoms with Crippen LogP contribution < -0.4 is 0 Å². The molecular weight excluding hydrogens is 392 g/mol. The Morgan fingerprint density at radius 2 is 1.13 bits per heavy atom. The number of carbonyl (C=O) groups is 2. The highest BCUT2D eigenvalue weighted by atomic mass is 16.4. The van der Waals surface area contributed by atoms with Crippen molar-refractivity contribution in [2.75, 3.05) is 6.61 Å². The zero-order valence-electron chi connectivity index (χ0n) is 18.5. The average Bonchev–Trinajstić information content (AvgIpc) is 2.74. The molecule has 0 saturated heterocycles. The van der Waals surface area contributed by atoms with Gasteiger partial charge in [0.15, 0.2) is 6.29 Å². The molecule has 0 amide bonds. The van der Waals surface area contributed by atoms with Gasteiger partial charge in [-0.25, -0.2) is 0 Å². The van der Waals surface area contributed by atoms with Gasteiger partial charge in [0.2, 0.25) is 0 Å². The fraction of sp³-hybridized carbons (Fsp3) is 0.909. The maximum absolute atomic E-state index is 10.3. The van der Waals surface area contributed by atoms with Crippen molar-refractivity contribution in [3.8, 4) is 0 Å². The maximum atomic E-state index is 10.3. The molecule has 4 atom stereocenters. The van der Waals surface area contributed by atoms with Gasteiger partial charge in [-0.15, -0.1) is 0 Å². The smallest absolute Gasteiger partial charge is 0.303 e. The van der Waals surface area contributed by atoms with E-state index < -0.39 is 37.0 Å². The first-order chi connectivity index (χ1) is 14.3. The molecule has 0 bridgehead atoms. The number of carboxylic acids is 1. The lowest BCUT2D eigenvalue weighted by Crippen LogP contribution is -2.46. The highest BCUT2D eigenvalue weighted by Crippen LogP contribution is 2.12. The Kier molecular flexibility index (Phi) is 23.5. The van der Waals surface area contributed by atoms with Crippen molar-refractivity contribution < 1.29 is 40.2 Å². The number of unbranched alkanes of at least 4 members (excludes halogenated alkanes) is 12. The lowest BCUT2D eigenvalue weighted by Gasteiger charge is -2.22. The molecule has 0 heterocycles. The summed E-state index contributed by atoms with van der Waals surface area (Å²) < 4.78 is 0. The van der Waals surface area contributed by atoms with E-state index in [1.165, 1.54) is 70.6 Å². The van der Waals surface area contributed by atoms with Crippen LogP contribution >= 0.6 is 0 Å². The molecule has 0 aliphatic heterocycles. The second-order valence-electron chi connectivity index (χ2n) is 7.74. The minimum atomic E-state index is -1.79. The van der Waals surface area contributed by atoms with Gasteiger partial charge in [0.1, 0.15) is 24.4 Å². The number of aldehydes is 1. The fourth-order valence-electron chi connectivity index (χ4n) is 2.91. The summed E-state index contributed by atoms with van der Waals surface area (Å²) in [6.07, 6.45) is 10.4. The van der Waals surface area contributed by atoms with Crippen LogP contribution in [-0.4, -0.2) is 73.9 Å². The highest BCUT2D eigenvalue weighted by Gasteiger charge is 2.29. The van der Waals surface area contributed by atoms with Gasteiger partial charge in [0.25, 0.3) is 0 Å². The van der Waals surface area contributed by atoms with Crippen molar-refractivity contribution in [1.29, 1.82) is 0 Å². The molecule has 0 radical (unpaired) electrons. The molecule has 6 N–H and O–H groups in total. The monoisotopic (exact) mass is 436 g/mol. The normalized spacial score (nSPS) is 14.9. The quantitative estimate of drug-likeness (QED) is 0.133. The number of hydrogen-bond donors (Lipinski definition) is 6. The van der Waals surface area contributed by atoms with Gasteiger partial charge in [-0.3, -0.25) is 4.79 Å². The van der Waals surface area contributed by atoms with Crippen LogP contribution in [0.5, 0.6) is 0 Å². The van der Waals surface area contributed by atoms with Gasteiger partial charge in [-0.1, -0.05) is 84.0 Å². The summed E-state index contributed by atoms with van der Waals surface area (Å²) in [4.78, 5) is 20.2. The molecular formula is C22H44O8. The van der Waals surface area contributed by atoms with E-state index in [0.29, 0.717) is 6.42 Å². The van der Waals surface area contributed by atoms with Crippen LogP contribution in [0, 0.1) is 0 Å². The van der Waals surface area contributed by atoms with E-state index in [1.54, 1.807) is 0 Å². The first-order valence-corrected chi connectivity index (χ1v) is 11.3. The molecule has 180 valence electrons. The van der Waals surface area contributed by atoms with Gasteiger partial charge in [0.05, 0.1) is 6.61 Å². The molecule has 8 nitrogen and oxygen atoms in total. The van der Waals surface area contributed by atoms with Crippen molar-refractivity contribution in [1.82, 2.24) is 0 Å². The van der Waals surface area contributed by atoms with E-state index in [0.717, 1.165) is 12.8 Å². The van der Waals surface area contributed by atoms with Crippen molar-refractivity contribution in [3.05, 3.63) is 0 Å². The first kappa shape index (κ1) is 31.1.